The molecule has 2 aliphatic rings. The monoisotopic (exact) mass is 509 g/mol. The summed E-state index contributed by atoms with van der Waals surface area (Å²) in [4.78, 5) is 54.1. The molecule has 2 fully saturated rings. The maximum atomic E-state index is 13.7. The molecular formula is C28H39N5O4. The van der Waals surface area contributed by atoms with Gasteiger partial charge in [-0.25, -0.2) is 0 Å². The molecule has 1 aromatic carbocycles. The number of carbonyl (C=O) groups is 4. The quantitative estimate of drug-likeness (QED) is 0.574. The highest BCUT2D eigenvalue weighted by Crippen LogP contribution is 2.25. The number of benzene rings is 1. The summed E-state index contributed by atoms with van der Waals surface area (Å²) in [6, 6.07) is 6.88. The molecule has 5 atom stereocenters. The molecule has 0 saturated carbocycles. The summed E-state index contributed by atoms with van der Waals surface area (Å²) < 4.78 is 0. The van der Waals surface area contributed by atoms with Gasteiger partial charge in [0, 0.05) is 24.6 Å². The molecule has 1 aromatic rings. The van der Waals surface area contributed by atoms with Crippen LogP contribution in [0.1, 0.15) is 74.7 Å². The first-order chi connectivity index (χ1) is 17.6. The van der Waals surface area contributed by atoms with Crippen molar-refractivity contribution < 1.29 is 19.2 Å². The maximum absolute atomic E-state index is 13.7. The topological polar surface area (TPSA) is 131 Å². The van der Waals surface area contributed by atoms with Crippen molar-refractivity contribution in [2.75, 3.05) is 7.05 Å². The fourth-order valence-electron chi connectivity index (χ4n) is 5.27. The van der Waals surface area contributed by atoms with E-state index in [1.54, 1.807) is 19.2 Å². The number of rotatable bonds is 4. The molecule has 3 N–H and O–H groups in total. The molecule has 0 aromatic heterocycles. The second-order valence-electron chi connectivity index (χ2n) is 10.8. The molecule has 0 spiro atoms. The third-order valence-electron chi connectivity index (χ3n) is 7.38. The molecule has 9 heteroatoms. The van der Waals surface area contributed by atoms with Crippen LogP contribution in [0.3, 0.4) is 0 Å². The first kappa shape index (κ1) is 28.2. The summed E-state index contributed by atoms with van der Waals surface area (Å²) in [5, 5.41) is 18.4. The zero-order valence-electron chi connectivity index (χ0n) is 22.3. The van der Waals surface area contributed by atoms with Crippen molar-refractivity contribution >= 4 is 23.6 Å². The summed E-state index contributed by atoms with van der Waals surface area (Å²) >= 11 is 0. The summed E-state index contributed by atoms with van der Waals surface area (Å²) in [6.07, 6.45) is 3.89. The normalized spacial score (nSPS) is 27.5. The lowest BCUT2D eigenvalue weighted by atomic mass is 9.94. The van der Waals surface area contributed by atoms with E-state index in [0.29, 0.717) is 31.2 Å². The summed E-state index contributed by atoms with van der Waals surface area (Å²) in [5.41, 5.74) is 1.31. The zero-order chi connectivity index (χ0) is 27.1. The lowest BCUT2D eigenvalue weighted by Crippen LogP contribution is -2.55. The molecule has 3 rings (SSSR count). The van der Waals surface area contributed by atoms with Crippen molar-refractivity contribution in [3.05, 3.63) is 35.4 Å². The highest BCUT2D eigenvalue weighted by atomic mass is 16.2. The fraction of sp³-hybridized carbons (Fsp3) is 0.607. The predicted molar refractivity (Wildman–Crippen MR) is 139 cm³/mol. The average molecular weight is 510 g/mol. The molecule has 0 aliphatic carbocycles. The number of nitriles is 1. The summed E-state index contributed by atoms with van der Waals surface area (Å²) in [7, 11) is 1.58. The molecular weight excluding hydrogens is 470 g/mol. The Hall–Kier alpha value is -3.41. The van der Waals surface area contributed by atoms with E-state index in [-0.39, 0.29) is 42.0 Å². The minimum absolute atomic E-state index is 0.00439. The third-order valence-corrected chi connectivity index (χ3v) is 7.38. The van der Waals surface area contributed by atoms with Crippen LogP contribution in [0.4, 0.5) is 0 Å². The van der Waals surface area contributed by atoms with Crippen LogP contribution in [0.25, 0.3) is 0 Å². The Morgan fingerprint density at radius 2 is 1.81 bits per heavy atom. The fourth-order valence-corrected chi connectivity index (χ4v) is 5.27. The molecule has 4 amide bonds. The van der Waals surface area contributed by atoms with Gasteiger partial charge in [0.2, 0.25) is 17.7 Å². The van der Waals surface area contributed by atoms with Crippen LogP contribution in [0.5, 0.6) is 0 Å². The van der Waals surface area contributed by atoms with Gasteiger partial charge in [0.05, 0.1) is 6.07 Å². The van der Waals surface area contributed by atoms with Crippen LogP contribution in [0.2, 0.25) is 0 Å². The zero-order valence-corrected chi connectivity index (χ0v) is 22.3. The van der Waals surface area contributed by atoms with E-state index in [1.807, 2.05) is 32.9 Å². The predicted octanol–water partition coefficient (Wildman–Crippen LogP) is 2.44. The van der Waals surface area contributed by atoms with Gasteiger partial charge in [0.15, 0.2) is 0 Å². The van der Waals surface area contributed by atoms with E-state index in [1.165, 1.54) is 4.90 Å². The highest BCUT2D eigenvalue weighted by Gasteiger charge is 2.37. The summed E-state index contributed by atoms with van der Waals surface area (Å²) in [6.45, 7) is 5.77. The number of hydrogen-bond acceptors (Lipinski definition) is 5. The molecule has 200 valence electrons. The van der Waals surface area contributed by atoms with Gasteiger partial charge in [-0.1, -0.05) is 44.9 Å². The Balaban J connectivity index is 1.89. The standard InChI is InChI=1S/C28H39N5O4/c1-17(2)13-24-27(36)31-21(16-29)15-19-14-20(30-25(19)34)10-6-8-12-23(28(37)33(24)4)32-26(35)22-11-7-5-9-18(22)3/h5,7,9,11,17,19-21,23-24H,6,8,10,12-15H2,1-4H3,(H,30,34)(H,31,36)(H,32,35)/t19-,20+,21-,23-,24-/m0/s1. The number of carbonyl (C=O) groups excluding carboxylic acids is 4. The first-order valence-electron chi connectivity index (χ1n) is 13.2. The SMILES string of the molecule is Cc1ccccc1C(=O)N[C@H]1CCCC[C@@H]2C[C@@H](C[C@@H](C#N)NC(=O)[C@H](CC(C)C)N(C)C1=O)C(=O)N2. The summed E-state index contributed by atoms with van der Waals surface area (Å²) in [5.74, 6) is -1.39. The van der Waals surface area contributed by atoms with E-state index < -0.39 is 24.0 Å². The number of nitrogens with one attached hydrogen (secondary N) is 3. The molecule has 9 nitrogen and oxygen atoms in total. The van der Waals surface area contributed by atoms with Crippen molar-refractivity contribution in [3.63, 3.8) is 0 Å². The minimum Gasteiger partial charge on any atom is -0.353 e. The largest absolute Gasteiger partial charge is 0.353 e. The van der Waals surface area contributed by atoms with Gasteiger partial charge in [0.25, 0.3) is 5.91 Å². The third kappa shape index (κ3) is 7.31. The van der Waals surface area contributed by atoms with Crippen LogP contribution in [-0.4, -0.2) is 59.7 Å². The molecule has 0 unspecified atom stereocenters. The van der Waals surface area contributed by atoms with Crippen LogP contribution < -0.4 is 16.0 Å². The molecule has 2 saturated heterocycles. The van der Waals surface area contributed by atoms with Crippen molar-refractivity contribution in [3.8, 4) is 6.07 Å². The van der Waals surface area contributed by atoms with Crippen molar-refractivity contribution in [2.24, 2.45) is 11.8 Å². The number of hydrogen-bond donors (Lipinski definition) is 3. The molecule has 2 aliphatic heterocycles. The van der Waals surface area contributed by atoms with Gasteiger partial charge in [0.1, 0.15) is 18.1 Å². The number of likely N-dealkylation sites (N-methyl/N-ethyl adjacent to an activating group) is 1. The molecule has 37 heavy (non-hydrogen) atoms. The molecule has 0 radical (unpaired) electrons. The van der Waals surface area contributed by atoms with Crippen LogP contribution in [0, 0.1) is 30.1 Å². The average Bonchev–Trinajstić information content (AvgIpc) is 3.21. The second kappa shape index (κ2) is 12.7. The van der Waals surface area contributed by atoms with Crippen molar-refractivity contribution in [2.45, 2.75) is 89.9 Å². The van der Waals surface area contributed by atoms with Gasteiger partial charge in [-0.05, 0) is 56.6 Å². The Labute approximate surface area is 219 Å². The van der Waals surface area contributed by atoms with E-state index in [2.05, 4.69) is 22.0 Å². The van der Waals surface area contributed by atoms with E-state index in [0.717, 1.165) is 18.4 Å². The Bertz CT molecular complexity index is 1050. The highest BCUT2D eigenvalue weighted by molar-refractivity contribution is 5.99. The Morgan fingerprint density at radius 3 is 2.49 bits per heavy atom. The van der Waals surface area contributed by atoms with Gasteiger partial charge >= 0.3 is 0 Å². The van der Waals surface area contributed by atoms with Crippen molar-refractivity contribution in [1.82, 2.24) is 20.9 Å². The van der Waals surface area contributed by atoms with Crippen LogP contribution in [-0.2, 0) is 14.4 Å². The smallest absolute Gasteiger partial charge is 0.252 e. The van der Waals surface area contributed by atoms with Gasteiger partial charge in [-0.3, -0.25) is 19.2 Å². The van der Waals surface area contributed by atoms with Crippen LogP contribution in [0.15, 0.2) is 24.3 Å². The van der Waals surface area contributed by atoms with Gasteiger partial charge in [-0.2, -0.15) is 5.26 Å². The second-order valence-corrected chi connectivity index (χ2v) is 10.8. The number of fused-ring (bicyclic) bond motifs is 2. The van der Waals surface area contributed by atoms with Gasteiger partial charge < -0.3 is 20.9 Å². The van der Waals surface area contributed by atoms with E-state index in [4.69, 9.17) is 0 Å². The van der Waals surface area contributed by atoms with Crippen molar-refractivity contribution in [1.29, 1.82) is 5.26 Å². The lowest BCUT2D eigenvalue weighted by Gasteiger charge is -2.32. The number of nitrogens with zero attached hydrogens (tertiary/aromatic N) is 2. The number of aryl methyl sites for hydroxylation is 1. The molecule has 2 heterocycles. The lowest BCUT2D eigenvalue weighted by molar-refractivity contribution is -0.141. The Morgan fingerprint density at radius 1 is 1.11 bits per heavy atom. The maximum Gasteiger partial charge on any atom is 0.252 e. The first-order valence-corrected chi connectivity index (χ1v) is 13.2. The van der Waals surface area contributed by atoms with Crippen LogP contribution >= 0.6 is 0 Å². The van der Waals surface area contributed by atoms with E-state index in [9.17, 15) is 24.4 Å². The van der Waals surface area contributed by atoms with E-state index >= 15 is 0 Å². The molecule has 2 bridgehead atoms. The Kier molecular flexibility index (Phi) is 9.67. The van der Waals surface area contributed by atoms with Gasteiger partial charge in [-0.15, -0.1) is 0 Å². The number of amides is 4. The minimum atomic E-state index is -0.832.